The Labute approximate surface area is 127 Å². The Kier molecular flexibility index (Phi) is 4.96. The molecule has 0 bridgehead atoms. The molecule has 0 heterocycles. The van der Waals surface area contributed by atoms with E-state index in [1.807, 2.05) is 31.2 Å². The minimum absolute atomic E-state index is 0.133. The van der Waals surface area contributed by atoms with E-state index in [4.69, 9.17) is 4.74 Å². The van der Waals surface area contributed by atoms with Crippen LogP contribution in [0.4, 0.5) is 13.2 Å². The summed E-state index contributed by atoms with van der Waals surface area (Å²) in [5.74, 6) is 0. The van der Waals surface area contributed by atoms with Crippen molar-refractivity contribution in [3.8, 4) is 0 Å². The van der Waals surface area contributed by atoms with Gasteiger partial charge >= 0.3 is 6.18 Å². The van der Waals surface area contributed by atoms with Gasteiger partial charge in [-0.1, -0.05) is 24.3 Å². The van der Waals surface area contributed by atoms with Crippen LogP contribution < -0.4 is 0 Å². The maximum absolute atomic E-state index is 12.6. The molecular formula is C16H15F3OS. The van der Waals surface area contributed by atoms with Crippen molar-refractivity contribution in [3.63, 3.8) is 0 Å². The molecule has 0 saturated carbocycles. The summed E-state index contributed by atoms with van der Waals surface area (Å²) in [6, 6.07) is 12.7. The second kappa shape index (κ2) is 6.54. The Balaban J connectivity index is 2.01. The fourth-order valence-electron chi connectivity index (χ4n) is 1.90. The zero-order valence-electron chi connectivity index (χ0n) is 11.4. The monoisotopic (exact) mass is 312 g/mol. The Hall–Kier alpha value is -1.46. The first-order valence-electron chi connectivity index (χ1n) is 6.43. The van der Waals surface area contributed by atoms with Gasteiger partial charge in [0, 0.05) is 4.90 Å². The molecular weight excluding hydrogens is 297 g/mol. The van der Waals surface area contributed by atoms with E-state index in [2.05, 4.69) is 12.6 Å². The number of alkyl halides is 3. The van der Waals surface area contributed by atoms with Crippen molar-refractivity contribution in [3.05, 3.63) is 65.2 Å². The highest BCUT2D eigenvalue weighted by Crippen LogP contribution is 2.30. The molecule has 112 valence electrons. The largest absolute Gasteiger partial charge is 0.416 e. The van der Waals surface area contributed by atoms with Crippen LogP contribution in [-0.2, 0) is 17.5 Å². The Morgan fingerprint density at radius 3 is 2.38 bits per heavy atom. The van der Waals surface area contributed by atoms with Crippen LogP contribution in [-0.4, -0.2) is 0 Å². The van der Waals surface area contributed by atoms with Gasteiger partial charge in [-0.3, -0.25) is 0 Å². The van der Waals surface area contributed by atoms with Gasteiger partial charge < -0.3 is 4.74 Å². The number of benzene rings is 2. The highest BCUT2D eigenvalue weighted by Gasteiger charge is 2.30. The lowest BCUT2D eigenvalue weighted by atomic mass is 10.1. The fraction of sp³-hybridized carbons (Fsp3) is 0.250. The molecule has 0 saturated heterocycles. The van der Waals surface area contributed by atoms with Crippen molar-refractivity contribution in [2.24, 2.45) is 0 Å². The van der Waals surface area contributed by atoms with Gasteiger partial charge in [-0.2, -0.15) is 13.2 Å². The third-order valence-electron chi connectivity index (χ3n) is 3.12. The topological polar surface area (TPSA) is 9.23 Å². The van der Waals surface area contributed by atoms with Gasteiger partial charge in [0.1, 0.15) is 0 Å². The lowest BCUT2D eigenvalue weighted by Crippen LogP contribution is -2.06. The predicted octanol–water partition coefficient (Wildman–Crippen LogP) is 5.27. The second-order valence-corrected chi connectivity index (χ2v) is 5.26. The standard InChI is InChI=1S/C16H15F3OS/c1-11(13-5-7-15(21)8-6-13)20-10-12-3-2-4-14(9-12)16(17,18)19/h2-9,11,21H,10H2,1H3. The normalized spacial score (nSPS) is 13.2. The van der Waals surface area contributed by atoms with Crippen LogP contribution in [0.3, 0.4) is 0 Å². The van der Waals surface area contributed by atoms with Gasteiger partial charge in [-0.25, -0.2) is 0 Å². The van der Waals surface area contributed by atoms with E-state index in [1.54, 1.807) is 6.07 Å². The quantitative estimate of drug-likeness (QED) is 0.756. The minimum atomic E-state index is -4.33. The van der Waals surface area contributed by atoms with Gasteiger partial charge in [-0.15, -0.1) is 12.6 Å². The van der Waals surface area contributed by atoms with Crippen molar-refractivity contribution in [1.82, 2.24) is 0 Å². The summed E-state index contributed by atoms with van der Waals surface area (Å²) in [6.07, 6.45) is -4.53. The van der Waals surface area contributed by atoms with Gasteiger partial charge in [0.25, 0.3) is 0 Å². The first-order chi connectivity index (χ1) is 9.86. The molecule has 0 N–H and O–H groups in total. The van der Waals surface area contributed by atoms with E-state index in [9.17, 15) is 13.2 Å². The zero-order chi connectivity index (χ0) is 15.5. The van der Waals surface area contributed by atoms with E-state index in [1.165, 1.54) is 6.07 Å². The summed E-state index contributed by atoms with van der Waals surface area (Å²) >= 11 is 4.20. The Bertz CT molecular complexity index is 593. The third kappa shape index (κ3) is 4.51. The van der Waals surface area contributed by atoms with Gasteiger partial charge in [0.05, 0.1) is 18.3 Å². The first-order valence-corrected chi connectivity index (χ1v) is 6.87. The summed E-state index contributed by atoms with van der Waals surface area (Å²) in [4.78, 5) is 0.851. The van der Waals surface area contributed by atoms with Gasteiger partial charge in [0.2, 0.25) is 0 Å². The molecule has 0 radical (unpaired) electrons. The van der Waals surface area contributed by atoms with Crippen LogP contribution in [0, 0.1) is 0 Å². The molecule has 1 nitrogen and oxygen atoms in total. The van der Waals surface area contributed by atoms with Crippen LogP contribution >= 0.6 is 12.6 Å². The molecule has 2 aromatic carbocycles. The van der Waals surface area contributed by atoms with Crippen molar-refractivity contribution in [1.29, 1.82) is 0 Å². The second-order valence-electron chi connectivity index (χ2n) is 4.74. The van der Waals surface area contributed by atoms with Crippen molar-refractivity contribution in [2.75, 3.05) is 0 Å². The molecule has 0 aliphatic rings. The number of hydrogen-bond donors (Lipinski definition) is 1. The molecule has 0 spiro atoms. The van der Waals surface area contributed by atoms with Crippen molar-refractivity contribution < 1.29 is 17.9 Å². The molecule has 2 rings (SSSR count). The number of halogens is 3. The van der Waals surface area contributed by atoms with Crippen LogP contribution in [0.1, 0.15) is 29.7 Å². The molecule has 0 aliphatic carbocycles. The number of ether oxygens (including phenoxy) is 1. The summed E-state index contributed by atoms with van der Waals surface area (Å²) in [5, 5.41) is 0. The molecule has 0 fully saturated rings. The van der Waals surface area contributed by atoms with Crippen LogP contribution in [0.5, 0.6) is 0 Å². The van der Waals surface area contributed by atoms with E-state index in [0.717, 1.165) is 22.6 Å². The predicted molar refractivity (Wildman–Crippen MR) is 78.3 cm³/mol. The molecule has 21 heavy (non-hydrogen) atoms. The zero-order valence-corrected chi connectivity index (χ0v) is 12.3. The molecule has 5 heteroatoms. The molecule has 2 aromatic rings. The third-order valence-corrected chi connectivity index (χ3v) is 3.41. The van der Waals surface area contributed by atoms with Crippen LogP contribution in [0.2, 0.25) is 0 Å². The molecule has 1 unspecified atom stereocenters. The molecule has 0 aliphatic heterocycles. The average molecular weight is 312 g/mol. The smallest absolute Gasteiger partial charge is 0.369 e. The van der Waals surface area contributed by atoms with Crippen LogP contribution in [0.15, 0.2) is 53.4 Å². The van der Waals surface area contributed by atoms with Crippen molar-refractivity contribution in [2.45, 2.75) is 30.7 Å². The number of thiol groups is 1. The molecule has 0 amide bonds. The highest BCUT2D eigenvalue weighted by atomic mass is 32.1. The highest BCUT2D eigenvalue weighted by molar-refractivity contribution is 7.80. The fourth-order valence-corrected chi connectivity index (χ4v) is 2.05. The van der Waals surface area contributed by atoms with Gasteiger partial charge in [0.15, 0.2) is 0 Å². The Morgan fingerprint density at radius 1 is 1.10 bits per heavy atom. The van der Waals surface area contributed by atoms with E-state index >= 15 is 0 Å². The summed E-state index contributed by atoms with van der Waals surface area (Å²) in [5.41, 5.74) is 0.804. The lowest BCUT2D eigenvalue weighted by Gasteiger charge is -2.14. The maximum atomic E-state index is 12.6. The average Bonchev–Trinajstić information content (AvgIpc) is 2.45. The summed E-state index contributed by atoms with van der Waals surface area (Å²) in [6.45, 7) is 1.99. The number of rotatable bonds is 4. The molecule has 1 atom stereocenters. The lowest BCUT2D eigenvalue weighted by molar-refractivity contribution is -0.137. The van der Waals surface area contributed by atoms with E-state index in [-0.39, 0.29) is 12.7 Å². The number of hydrogen-bond acceptors (Lipinski definition) is 2. The minimum Gasteiger partial charge on any atom is -0.369 e. The Morgan fingerprint density at radius 2 is 1.76 bits per heavy atom. The maximum Gasteiger partial charge on any atom is 0.416 e. The summed E-state index contributed by atoms with van der Waals surface area (Å²) in [7, 11) is 0. The SMILES string of the molecule is CC(OCc1cccc(C(F)(F)F)c1)c1ccc(S)cc1. The van der Waals surface area contributed by atoms with Crippen LogP contribution in [0.25, 0.3) is 0 Å². The van der Waals surface area contributed by atoms with Crippen molar-refractivity contribution >= 4 is 12.6 Å². The van der Waals surface area contributed by atoms with E-state index in [0.29, 0.717) is 5.56 Å². The first kappa shape index (κ1) is 15.9. The summed E-state index contributed by atoms with van der Waals surface area (Å²) < 4.78 is 43.5. The van der Waals surface area contributed by atoms with E-state index < -0.39 is 11.7 Å². The molecule has 0 aromatic heterocycles. The van der Waals surface area contributed by atoms with Gasteiger partial charge in [-0.05, 0) is 42.3 Å².